The molecule has 2 aromatic rings. The van der Waals surface area contributed by atoms with E-state index in [9.17, 15) is 0 Å². The second-order valence-corrected chi connectivity index (χ2v) is 5.41. The third-order valence-corrected chi connectivity index (χ3v) is 3.59. The van der Waals surface area contributed by atoms with Crippen LogP contribution in [-0.4, -0.2) is 0 Å². The van der Waals surface area contributed by atoms with E-state index in [1.807, 2.05) is 37.3 Å². The molecule has 0 heterocycles. The van der Waals surface area contributed by atoms with Crippen molar-refractivity contribution in [3.8, 4) is 11.8 Å². The Kier molecular flexibility index (Phi) is 4.78. The molecular formula is C16H15BrN2O. The Bertz CT molecular complexity index is 662. The minimum Gasteiger partial charge on any atom is -0.489 e. The monoisotopic (exact) mass is 330 g/mol. The zero-order valence-electron chi connectivity index (χ0n) is 11.2. The van der Waals surface area contributed by atoms with Crippen LogP contribution in [0.5, 0.6) is 5.75 Å². The zero-order chi connectivity index (χ0) is 14.5. The summed E-state index contributed by atoms with van der Waals surface area (Å²) in [6.45, 7) is 2.87. The first kappa shape index (κ1) is 14.6. The van der Waals surface area contributed by atoms with Crippen LogP contribution in [-0.2, 0) is 13.2 Å². The lowest BCUT2D eigenvalue weighted by atomic mass is 10.1. The minimum absolute atomic E-state index is 0.432. The Hall–Kier alpha value is -1.83. The topological polar surface area (TPSA) is 59.0 Å². The summed E-state index contributed by atoms with van der Waals surface area (Å²) >= 11 is 3.42. The number of nitrogens with two attached hydrogens (primary N) is 1. The second-order valence-electron chi connectivity index (χ2n) is 4.50. The Morgan fingerprint density at radius 2 is 2.00 bits per heavy atom. The Balaban J connectivity index is 2.15. The fraction of sp³-hybridized carbons (Fsp3) is 0.188. The molecule has 0 spiro atoms. The van der Waals surface area contributed by atoms with Gasteiger partial charge in [-0.05, 0) is 48.4 Å². The number of hydrogen-bond donors (Lipinski definition) is 1. The highest BCUT2D eigenvalue weighted by Crippen LogP contribution is 2.24. The van der Waals surface area contributed by atoms with Crippen molar-refractivity contribution in [1.82, 2.24) is 0 Å². The molecule has 0 radical (unpaired) electrons. The number of hydrogen-bond acceptors (Lipinski definition) is 3. The van der Waals surface area contributed by atoms with Crippen LogP contribution in [0.3, 0.4) is 0 Å². The average molecular weight is 331 g/mol. The molecule has 3 nitrogen and oxygen atoms in total. The van der Waals surface area contributed by atoms with Crippen LogP contribution >= 0.6 is 15.9 Å². The van der Waals surface area contributed by atoms with E-state index < -0.39 is 0 Å². The molecule has 0 saturated carbocycles. The molecule has 0 atom stereocenters. The predicted molar refractivity (Wildman–Crippen MR) is 82.3 cm³/mol. The normalized spacial score (nSPS) is 10.1. The van der Waals surface area contributed by atoms with Crippen LogP contribution < -0.4 is 10.5 Å². The van der Waals surface area contributed by atoms with Crippen LogP contribution in [0.25, 0.3) is 0 Å². The lowest BCUT2D eigenvalue weighted by Crippen LogP contribution is -2.03. The molecule has 0 aliphatic carbocycles. The van der Waals surface area contributed by atoms with Gasteiger partial charge in [-0.25, -0.2) is 0 Å². The van der Waals surface area contributed by atoms with Gasteiger partial charge in [-0.15, -0.1) is 0 Å². The Labute approximate surface area is 127 Å². The molecule has 0 aliphatic rings. The van der Waals surface area contributed by atoms with Crippen molar-refractivity contribution in [1.29, 1.82) is 5.26 Å². The predicted octanol–water partition coefficient (Wildman–Crippen LogP) is 3.67. The maximum absolute atomic E-state index is 8.86. The number of benzene rings is 2. The van der Waals surface area contributed by atoms with Gasteiger partial charge in [-0.1, -0.05) is 22.0 Å². The first-order chi connectivity index (χ1) is 9.63. The molecule has 0 bridgehead atoms. The van der Waals surface area contributed by atoms with Gasteiger partial charge in [0.2, 0.25) is 0 Å². The summed E-state index contributed by atoms with van der Waals surface area (Å²) in [4.78, 5) is 0. The summed E-state index contributed by atoms with van der Waals surface area (Å²) in [6.07, 6.45) is 0. The van der Waals surface area contributed by atoms with E-state index in [-0.39, 0.29) is 0 Å². The van der Waals surface area contributed by atoms with Crippen LogP contribution in [0.4, 0.5) is 0 Å². The summed E-state index contributed by atoms with van der Waals surface area (Å²) in [5, 5.41) is 8.86. The van der Waals surface area contributed by atoms with Gasteiger partial charge in [-0.2, -0.15) is 5.26 Å². The van der Waals surface area contributed by atoms with Gasteiger partial charge >= 0.3 is 0 Å². The molecule has 102 valence electrons. The Morgan fingerprint density at radius 3 is 2.65 bits per heavy atom. The smallest absolute Gasteiger partial charge is 0.124 e. The highest BCUT2D eigenvalue weighted by atomic mass is 79.9. The maximum atomic E-state index is 8.86. The summed E-state index contributed by atoms with van der Waals surface area (Å²) in [6, 6.07) is 13.5. The summed E-state index contributed by atoms with van der Waals surface area (Å²) in [5.41, 5.74) is 9.46. The highest BCUT2D eigenvalue weighted by Gasteiger charge is 2.05. The van der Waals surface area contributed by atoms with Crippen molar-refractivity contribution in [2.75, 3.05) is 0 Å². The molecule has 0 aromatic heterocycles. The van der Waals surface area contributed by atoms with Gasteiger partial charge in [0.25, 0.3) is 0 Å². The first-order valence-corrected chi connectivity index (χ1v) is 7.04. The van der Waals surface area contributed by atoms with Crippen LogP contribution in [0.15, 0.2) is 40.9 Å². The van der Waals surface area contributed by atoms with E-state index >= 15 is 0 Å². The molecule has 0 aliphatic heterocycles. The lowest BCUT2D eigenvalue weighted by Gasteiger charge is -2.12. The number of halogens is 1. The van der Waals surface area contributed by atoms with Gasteiger partial charge in [0.1, 0.15) is 12.4 Å². The SMILES string of the molecule is Cc1cc(C#N)ccc1COc1ccc(Br)cc1CN. The summed E-state index contributed by atoms with van der Waals surface area (Å²) < 4.78 is 6.83. The molecule has 0 unspecified atom stereocenters. The summed E-state index contributed by atoms with van der Waals surface area (Å²) in [7, 11) is 0. The van der Waals surface area contributed by atoms with E-state index in [1.54, 1.807) is 6.07 Å². The highest BCUT2D eigenvalue weighted by molar-refractivity contribution is 9.10. The fourth-order valence-electron chi connectivity index (χ4n) is 1.93. The van der Waals surface area contributed by atoms with Gasteiger partial charge in [0.15, 0.2) is 0 Å². The van der Waals surface area contributed by atoms with Gasteiger partial charge in [0.05, 0.1) is 11.6 Å². The third kappa shape index (κ3) is 3.38. The van der Waals surface area contributed by atoms with E-state index in [2.05, 4.69) is 22.0 Å². The number of nitrogens with zero attached hydrogens (tertiary/aromatic N) is 1. The molecule has 2 N–H and O–H groups in total. The number of aryl methyl sites for hydroxylation is 1. The van der Waals surface area contributed by atoms with Crippen molar-refractivity contribution in [2.24, 2.45) is 5.73 Å². The Morgan fingerprint density at radius 1 is 1.20 bits per heavy atom. The third-order valence-electron chi connectivity index (χ3n) is 3.10. The molecule has 0 saturated heterocycles. The zero-order valence-corrected chi connectivity index (χ0v) is 12.8. The number of ether oxygens (including phenoxy) is 1. The van der Waals surface area contributed by atoms with Gasteiger partial charge < -0.3 is 10.5 Å². The molecule has 0 amide bonds. The van der Waals surface area contributed by atoms with Crippen LogP contribution in [0.1, 0.15) is 22.3 Å². The van der Waals surface area contributed by atoms with Crippen molar-refractivity contribution in [3.63, 3.8) is 0 Å². The maximum Gasteiger partial charge on any atom is 0.124 e. The molecule has 4 heteroatoms. The average Bonchev–Trinajstić information content (AvgIpc) is 2.46. The van der Waals surface area contributed by atoms with Crippen LogP contribution in [0.2, 0.25) is 0 Å². The number of rotatable bonds is 4. The van der Waals surface area contributed by atoms with Crippen molar-refractivity contribution in [2.45, 2.75) is 20.1 Å². The number of nitriles is 1. The molecule has 20 heavy (non-hydrogen) atoms. The molecular weight excluding hydrogens is 316 g/mol. The van der Waals surface area contributed by atoms with E-state index in [4.69, 9.17) is 15.7 Å². The van der Waals surface area contributed by atoms with Gasteiger partial charge in [-0.3, -0.25) is 0 Å². The van der Waals surface area contributed by atoms with Crippen molar-refractivity contribution in [3.05, 3.63) is 63.1 Å². The van der Waals surface area contributed by atoms with Crippen LogP contribution in [0, 0.1) is 18.3 Å². The minimum atomic E-state index is 0.432. The molecule has 2 rings (SSSR count). The first-order valence-electron chi connectivity index (χ1n) is 6.25. The van der Waals surface area contributed by atoms with Crippen molar-refractivity contribution >= 4 is 15.9 Å². The van der Waals surface area contributed by atoms with Crippen molar-refractivity contribution < 1.29 is 4.74 Å². The summed E-state index contributed by atoms with van der Waals surface area (Å²) in [5.74, 6) is 0.791. The second kappa shape index (κ2) is 6.56. The fourth-order valence-corrected chi connectivity index (χ4v) is 2.34. The standard InChI is InChI=1S/C16H15BrN2O/c1-11-6-12(8-18)2-3-13(11)10-20-16-5-4-15(17)7-14(16)9-19/h2-7H,9-10,19H2,1H3. The lowest BCUT2D eigenvalue weighted by molar-refractivity contribution is 0.302. The quantitative estimate of drug-likeness (QED) is 0.930. The van der Waals surface area contributed by atoms with E-state index in [0.29, 0.717) is 18.7 Å². The van der Waals surface area contributed by atoms with E-state index in [0.717, 1.165) is 26.9 Å². The molecule has 2 aromatic carbocycles. The van der Waals surface area contributed by atoms with Gasteiger partial charge in [0, 0.05) is 16.6 Å². The van der Waals surface area contributed by atoms with E-state index in [1.165, 1.54) is 0 Å². The largest absolute Gasteiger partial charge is 0.489 e. The molecule has 0 fully saturated rings.